The molecule has 0 unspecified atom stereocenters. The average Bonchev–Trinajstić information content (AvgIpc) is 2.15. The molecule has 1 aromatic carbocycles. The summed E-state index contributed by atoms with van der Waals surface area (Å²) in [6, 6.07) is 6.31. The Balaban J connectivity index is 0.00000112. The maximum atomic E-state index is 5.79. The molecule has 2 nitrogen and oxygen atoms in total. The standard InChI is InChI=1S/C12H14N2.ClH/c1-7-4-5-8(2)11-10(7)6-9(3)12(13)14-11;/h4-6H,1-3H3,(H2,13,14);1H. The lowest BCUT2D eigenvalue weighted by molar-refractivity contribution is 1.30. The van der Waals surface area contributed by atoms with E-state index in [1.54, 1.807) is 0 Å². The quantitative estimate of drug-likeness (QED) is 0.744. The number of aromatic nitrogens is 1. The second-order valence-corrected chi connectivity index (χ2v) is 3.79. The highest BCUT2D eigenvalue weighted by atomic mass is 35.5. The van der Waals surface area contributed by atoms with Crippen LogP contribution in [0.3, 0.4) is 0 Å². The maximum absolute atomic E-state index is 5.79. The van der Waals surface area contributed by atoms with E-state index in [1.165, 1.54) is 16.5 Å². The maximum Gasteiger partial charge on any atom is 0.127 e. The number of hydrogen-bond donors (Lipinski definition) is 1. The van der Waals surface area contributed by atoms with Gasteiger partial charge < -0.3 is 5.73 Å². The third-order valence-corrected chi connectivity index (χ3v) is 2.63. The van der Waals surface area contributed by atoms with Gasteiger partial charge in [-0.3, -0.25) is 0 Å². The van der Waals surface area contributed by atoms with Crippen molar-refractivity contribution in [2.24, 2.45) is 0 Å². The van der Waals surface area contributed by atoms with Crippen molar-refractivity contribution in [2.75, 3.05) is 5.73 Å². The molecule has 0 aliphatic rings. The highest BCUT2D eigenvalue weighted by Gasteiger charge is 2.04. The fourth-order valence-corrected chi connectivity index (χ4v) is 1.65. The van der Waals surface area contributed by atoms with Crippen molar-refractivity contribution in [2.45, 2.75) is 20.8 Å². The zero-order valence-electron chi connectivity index (χ0n) is 9.16. The molecule has 2 aromatic rings. The van der Waals surface area contributed by atoms with Gasteiger partial charge in [0.25, 0.3) is 0 Å². The van der Waals surface area contributed by atoms with Gasteiger partial charge in [0, 0.05) is 5.39 Å². The van der Waals surface area contributed by atoms with Crippen molar-refractivity contribution in [3.05, 3.63) is 34.9 Å². The molecular weight excluding hydrogens is 208 g/mol. The van der Waals surface area contributed by atoms with Crippen LogP contribution in [0.2, 0.25) is 0 Å². The number of nitrogens with zero attached hydrogens (tertiary/aromatic N) is 1. The number of pyridine rings is 1. The summed E-state index contributed by atoms with van der Waals surface area (Å²) < 4.78 is 0. The van der Waals surface area contributed by atoms with Gasteiger partial charge in [0.1, 0.15) is 5.82 Å². The minimum absolute atomic E-state index is 0. The van der Waals surface area contributed by atoms with E-state index in [0.717, 1.165) is 11.1 Å². The van der Waals surface area contributed by atoms with E-state index < -0.39 is 0 Å². The zero-order valence-corrected chi connectivity index (χ0v) is 9.98. The van der Waals surface area contributed by atoms with Gasteiger partial charge in [0.2, 0.25) is 0 Å². The molecule has 0 amide bonds. The minimum Gasteiger partial charge on any atom is -0.383 e. The van der Waals surface area contributed by atoms with Gasteiger partial charge >= 0.3 is 0 Å². The third-order valence-electron chi connectivity index (χ3n) is 2.63. The Bertz CT molecular complexity index is 460. The van der Waals surface area contributed by atoms with Crippen molar-refractivity contribution >= 4 is 29.1 Å². The number of anilines is 1. The van der Waals surface area contributed by atoms with Crippen molar-refractivity contribution < 1.29 is 0 Å². The van der Waals surface area contributed by atoms with Crippen LogP contribution in [0.5, 0.6) is 0 Å². The fourth-order valence-electron chi connectivity index (χ4n) is 1.65. The molecule has 0 saturated carbocycles. The molecule has 2 rings (SSSR count). The van der Waals surface area contributed by atoms with E-state index in [0.29, 0.717) is 5.82 Å². The fraction of sp³-hybridized carbons (Fsp3) is 0.250. The predicted molar refractivity (Wildman–Crippen MR) is 67.6 cm³/mol. The molecular formula is C12H15ClN2. The molecule has 0 spiro atoms. The lowest BCUT2D eigenvalue weighted by Gasteiger charge is -2.07. The number of hydrogen-bond acceptors (Lipinski definition) is 2. The largest absolute Gasteiger partial charge is 0.383 e. The molecule has 2 N–H and O–H groups in total. The molecule has 80 valence electrons. The van der Waals surface area contributed by atoms with Gasteiger partial charge in [-0.15, -0.1) is 12.4 Å². The SMILES string of the molecule is Cc1cc2c(C)ccc(C)c2nc1N.Cl. The molecule has 0 aliphatic carbocycles. The highest BCUT2D eigenvalue weighted by Crippen LogP contribution is 2.23. The molecule has 1 aromatic heterocycles. The Labute approximate surface area is 95.9 Å². The summed E-state index contributed by atoms with van der Waals surface area (Å²) in [4.78, 5) is 4.41. The monoisotopic (exact) mass is 222 g/mol. The summed E-state index contributed by atoms with van der Waals surface area (Å²) in [5, 5.41) is 1.21. The number of rotatable bonds is 0. The van der Waals surface area contributed by atoms with Crippen LogP contribution in [0.4, 0.5) is 5.82 Å². The van der Waals surface area contributed by atoms with Crippen molar-refractivity contribution in [1.29, 1.82) is 0 Å². The second kappa shape index (κ2) is 4.07. The Morgan fingerprint density at radius 2 is 1.60 bits per heavy atom. The summed E-state index contributed by atoms with van der Waals surface area (Å²) in [6.45, 7) is 6.15. The van der Waals surface area contributed by atoms with Gasteiger partial charge in [-0.1, -0.05) is 12.1 Å². The van der Waals surface area contributed by atoms with Crippen LogP contribution in [0.1, 0.15) is 16.7 Å². The molecule has 0 aliphatic heterocycles. The van der Waals surface area contributed by atoms with E-state index in [2.05, 4.69) is 37.0 Å². The van der Waals surface area contributed by atoms with Crippen LogP contribution in [-0.2, 0) is 0 Å². The van der Waals surface area contributed by atoms with E-state index in [4.69, 9.17) is 5.73 Å². The summed E-state index contributed by atoms with van der Waals surface area (Å²) >= 11 is 0. The molecule has 0 atom stereocenters. The van der Waals surface area contributed by atoms with Crippen LogP contribution in [0.25, 0.3) is 10.9 Å². The normalized spacial score (nSPS) is 10.1. The second-order valence-electron chi connectivity index (χ2n) is 3.79. The Kier molecular flexibility index (Phi) is 3.20. The van der Waals surface area contributed by atoms with Crippen LogP contribution >= 0.6 is 12.4 Å². The number of aryl methyl sites for hydroxylation is 3. The van der Waals surface area contributed by atoms with E-state index in [-0.39, 0.29) is 12.4 Å². The molecule has 0 fully saturated rings. The van der Waals surface area contributed by atoms with Crippen molar-refractivity contribution in [1.82, 2.24) is 4.98 Å². The van der Waals surface area contributed by atoms with Gasteiger partial charge in [-0.05, 0) is 43.5 Å². The number of fused-ring (bicyclic) bond motifs is 1. The minimum atomic E-state index is 0. The molecule has 15 heavy (non-hydrogen) atoms. The Morgan fingerprint density at radius 3 is 2.27 bits per heavy atom. The Hall–Kier alpha value is -1.28. The number of nitrogens with two attached hydrogens (primary N) is 1. The van der Waals surface area contributed by atoms with Gasteiger partial charge in [-0.2, -0.15) is 0 Å². The number of nitrogen functional groups attached to an aromatic ring is 1. The third kappa shape index (κ3) is 1.90. The van der Waals surface area contributed by atoms with Gasteiger partial charge in [0.05, 0.1) is 5.52 Å². The molecule has 1 heterocycles. The number of benzene rings is 1. The van der Waals surface area contributed by atoms with Crippen LogP contribution in [-0.4, -0.2) is 4.98 Å². The smallest absolute Gasteiger partial charge is 0.127 e. The van der Waals surface area contributed by atoms with Crippen LogP contribution < -0.4 is 5.73 Å². The van der Waals surface area contributed by atoms with Crippen molar-refractivity contribution in [3.63, 3.8) is 0 Å². The summed E-state index contributed by atoms with van der Waals surface area (Å²) in [7, 11) is 0. The first-order valence-electron chi connectivity index (χ1n) is 4.72. The zero-order chi connectivity index (χ0) is 10.3. The first kappa shape index (κ1) is 11.8. The van der Waals surface area contributed by atoms with E-state index >= 15 is 0 Å². The topological polar surface area (TPSA) is 38.9 Å². The highest BCUT2D eigenvalue weighted by molar-refractivity contribution is 5.87. The van der Waals surface area contributed by atoms with Crippen molar-refractivity contribution in [3.8, 4) is 0 Å². The summed E-state index contributed by atoms with van der Waals surface area (Å²) in [6.07, 6.45) is 0. The molecule has 0 radical (unpaired) electrons. The first-order chi connectivity index (χ1) is 6.59. The van der Waals surface area contributed by atoms with E-state index in [9.17, 15) is 0 Å². The molecule has 0 saturated heterocycles. The lowest BCUT2D eigenvalue weighted by Crippen LogP contribution is -1.96. The predicted octanol–water partition coefficient (Wildman–Crippen LogP) is 3.16. The Morgan fingerprint density at radius 1 is 1.00 bits per heavy atom. The summed E-state index contributed by atoms with van der Waals surface area (Å²) in [5.41, 5.74) is 10.3. The first-order valence-corrected chi connectivity index (χ1v) is 4.72. The van der Waals surface area contributed by atoms with Crippen LogP contribution in [0, 0.1) is 20.8 Å². The summed E-state index contributed by atoms with van der Waals surface area (Å²) in [5.74, 6) is 0.631. The van der Waals surface area contributed by atoms with Gasteiger partial charge in [0.15, 0.2) is 0 Å². The van der Waals surface area contributed by atoms with E-state index in [1.807, 2.05) is 6.92 Å². The molecule has 0 bridgehead atoms. The van der Waals surface area contributed by atoms with Gasteiger partial charge in [-0.25, -0.2) is 4.98 Å². The average molecular weight is 223 g/mol. The molecule has 3 heteroatoms. The number of halogens is 1. The van der Waals surface area contributed by atoms with Crippen LogP contribution in [0.15, 0.2) is 18.2 Å². The lowest BCUT2D eigenvalue weighted by atomic mass is 10.0.